The molecule has 1 fully saturated rings. The largest absolute Gasteiger partial charge is 0.467 e. The highest BCUT2D eigenvalue weighted by Crippen LogP contribution is 2.34. The Hall–Kier alpha value is -4.25. The van der Waals surface area contributed by atoms with Crippen LogP contribution in [0.3, 0.4) is 0 Å². The fraction of sp³-hybridized carbons (Fsp3) is 0.208. The van der Waals surface area contributed by atoms with Crippen molar-refractivity contribution in [3.05, 3.63) is 81.9 Å². The maximum Gasteiger partial charge on any atom is 0.338 e. The summed E-state index contributed by atoms with van der Waals surface area (Å²) in [6.45, 7) is -0.694. The van der Waals surface area contributed by atoms with E-state index in [1.807, 2.05) is 17.5 Å². The Morgan fingerprint density at radius 3 is 2.71 bits per heavy atom. The second-order valence-corrected chi connectivity index (χ2v) is 8.82. The lowest BCUT2D eigenvalue weighted by atomic mass is 10.1. The topological polar surface area (TPSA) is 122 Å². The summed E-state index contributed by atoms with van der Waals surface area (Å²) in [5.41, 5.74) is 1.35. The maximum absolute atomic E-state index is 13.0. The van der Waals surface area contributed by atoms with Gasteiger partial charge in [-0.25, -0.2) is 14.6 Å². The number of nitrogens with one attached hydrogen (secondary N) is 1. The van der Waals surface area contributed by atoms with Crippen molar-refractivity contribution < 1.29 is 28.3 Å². The first-order valence-electron chi connectivity index (χ1n) is 10.8. The van der Waals surface area contributed by atoms with E-state index in [0.717, 1.165) is 15.5 Å². The standard InChI is InChI=1S/C24H20N4O6S/c29-21-12-25-24(32)27(21)13-15-5-1-2-6-16(15)23(31)34-14-22(30)28-18(19-7-3-9-33-19)11-17(26-28)20-8-4-10-35-20/h1-10,18H,11-14H2,(H,25,32)/t18-/m1/s1. The molecule has 178 valence electrons. The number of imide groups is 1. The maximum atomic E-state index is 13.0. The normalized spacial score (nSPS) is 17.5. The molecule has 0 bridgehead atoms. The van der Waals surface area contributed by atoms with Gasteiger partial charge in [0.05, 0.1) is 35.5 Å². The van der Waals surface area contributed by atoms with Gasteiger partial charge < -0.3 is 14.5 Å². The van der Waals surface area contributed by atoms with Crippen LogP contribution in [0.2, 0.25) is 0 Å². The number of hydrazone groups is 1. The van der Waals surface area contributed by atoms with Gasteiger partial charge in [0.2, 0.25) is 5.91 Å². The molecule has 2 aliphatic heterocycles. The highest BCUT2D eigenvalue weighted by atomic mass is 32.1. The van der Waals surface area contributed by atoms with E-state index in [2.05, 4.69) is 10.4 Å². The number of hydrogen-bond acceptors (Lipinski definition) is 8. The first kappa shape index (κ1) is 22.5. The Bertz CT molecular complexity index is 1290. The third kappa shape index (κ3) is 4.58. The molecule has 3 aromatic rings. The van der Waals surface area contributed by atoms with Crippen LogP contribution in [0.1, 0.15) is 39.0 Å². The zero-order valence-electron chi connectivity index (χ0n) is 18.4. The predicted molar refractivity (Wildman–Crippen MR) is 124 cm³/mol. The Kier molecular flexibility index (Phi) is 6.15. The Morgan fingerprint density at radius 1 is 1.14 bits per heavy atom. The van der Waals surface area contributed by atoms with E-state index in [1.165, 1.54) is 28.7 Å². The molecule has 1 atom stereocenters. The van der Waals surface area contributed by atoms with Crippen LogP contribution in [0.15, 0.2) is 69.7 Å². The lowest BCUT2D eigenvalue weighted by molar-refractivity contribution is -0.136. The number of furan rings is 1. The van der Waals surface area contributed by atoms with Gasteiger partial charge in [-0.15, -0.1) is 11.3 Å². The molecule has 0 saturated carbocycles. The van der Waals surface area contributed by atoms with Gasteiger partial charge in [-0.3, -0.25) is 14.5 Å². The zero-order chi connectivity index (χ0) is 24.4. The van der Waals surface area contributed by atoms with Gasteiger partial charge in [0.25, 0.3) is 5.91 Å². The van der Waals surface area contributed by atoms with Crippen molar-refractivity contribution in [3.63, 3.8) is 0 Å². The van der Waals surface area contributed by atoms with E-state index >= 15 is 0 Å². The second kappa shape index (κ2) is 9.55. The fourth-order valence-electron chi connectivity index (χ4n) is 3.95. The fourth-order valence-corrected chi connectivity index (χ4v) is 4.67. The first-order valence-corrected chi connectivity index (χ1v) is 11.7. The van der Waals surface area contributed by atoms with Gasteiger partial charge in [0.1, 0.15) is 11.8 Å². The van der Waals surface area contributed by atoms with Crippen molar-refractivity contribution in [3.8, 4) is 0 Å². The second-order valence-electron chi connectivity index (χ2n) is 7.87. The summed E-state index contributed by atoms with van der Waals surface area (Å²) in [7, 11) is 0. The van der Waals surface area contributed by atoms with Crippen molar-refractivity contribution in [1.82, 2.24) is 15.2 Å². The number of urea groups is 1. The minimum absolute atomic E-state index is 0.0783. The van der Waals surface area contributed by atoms with Gasteiger partial charge >= 0.3 is 12.0 Å². The lowest BCUT2D eigenvalue weighted by Crippen LogP contribution is -2.32. The van der Waals surface area contributed by atoms with Crippen LogP contribution in [-0.2, 0) is 20.9 Å². The van der Waals surface area contributed by atoms with E-state index in [9.17, 15) is 19.2 Å². The molecule has 0 unspecified atom stereocenters. The summed E-state index contributed by atoms with van der Waals surface area (Å²) in [5, 5.41) is 10.2. The number of benzene rings is 1. The number of esters is 1. The van der Waals surface area contributed by atoms with E-state index in [0.29, 0.717) is 17.7 Å². The van der Waals surface area contributed by atoms with Crippen molar-refractivity contribution in [2.75, 3.05) is 13.2 Å². The van der Waals surface area contributed by atoms with Gasteiger partial charge in [-0.2, -0.15) is 5.10 Å². The number of hydrogen-bond donors (Lipinski definition) is 1. The third-order valence-electron chi connectivity index (χ3n) is 5.67. The molecular weight excluding hydrogens is 472 g/mol. The molecule has 5 rings (SSSR count). The molecule has 35 heavy (non-hydrogen) atoms. The predicted octanol–water partition coefficient (Wildman–Crippen LogP) is 2.93. The van der Waals surface area contributed by atoms with Gasteiger partial charge in [0.15, 0.2) is 6.61 Å². The highest BCUT2D eigenvalue weighted by Gasteiger charge is 2.36. The van der Waals surface area contributed by atoms with E-state index in [1.54, 1.807) is 30.3 Å². The summed E-state index contributed by atoms with van der Waals surface area (Å²) in [6.07, 6.45) is 2.01. The van der Waals surface area contributed by atoms with Crippen molar-refractivity contribution in [2.45, 2.75) is 19.0 Å². The minimum atomic E-state index is -0.739. The van der Waals surface area contributed by atoms with Crippen LogP contribution in [0, 0.1) is 0 Å². The van der Waals surface area contributed by atoms with Crippen molar-refractivity contribution in [2.24, 2.45) is 5.10 Å². The zero-order valence-corrected chi connectivity index (χ0v) is 19.2. The highest BCUT2D eigenvalue weighted by molar-refractivity contribution is 7.12. The summed E-state index contributed by atoms with van der Waals surface area (Å²) in [5.74, 6) is -1.04. The number of carbonyl (C=O) groups excluding carboxylic acids is 4. The van der Waals surface area contributed by atoms with E-state index in [-0.39, 0.29) is 24.6 Å². The number of ether oxygens (including phenoxy) is 1. The summed E-state index contributed by atoms with van der Waals surface area (Å²) >= 11 is 1.52. The molecule has 4 heterocycles. The van der Waals surface area contributed by atoms with Crippen LogP contribution < -0.4 is 5.32 Å². The molecular formula is C24H20N4O6S. The van der Waals surface area contributed by atoms with E-state index in [4.69, 9.17) is 9.15 Å². The Balaban J connectivity index is 1.29. The average Bonchev–Trinajstić information content (AvgIpc) is 3.67. The van der Waals surface area contributed by atoms with Gasteiger partial charge in [-0.05, 0) is 35.2 Å². The molecule has 1 aromatic carbocycles. The molecule has 10 nitrogen and oxygen atoms in total. The van der Waals surface area contributed by atoms with Crippen LogP contribution >= 0.6 is 11.3 Å². The Labute approximate surface area is 203 Å². The average molecular weight is 493 g/mol. The lowest BCUT2D eigenvalue weighted by Gasteiger charge is -2.20. The quantitative estimate of drug-likeness (QED) is 0.400. The third-order valence-corrected chi connectivity index (χ3v) is 6.59. The summed E-state index contributed by atoms with van der Waals surface area (Å²) in [6, 6.07) is 12.9. The molecule has 0 radical (unpaired) electrons. The number of rotatable bonds is 7. The minimum Gasteiger partial charge on any atom is -0.467 e. The van der Waals surface area contributed by atoms with Gasteiger partial charge in [0, 0.05) is 6.42 Å². The summed E-state index contributed by atoms with van der Waals surface area (Å²) < 4.78 is 10.8. The Morgan fingerprint density at radius 2 is 2.00 bits per heavy atom. The monoisotopic (exact) mass is 492 g/mol. The molecule has 0 spiro atoms. The van der Waals surface area contributed by atoms with Crippen LogP contribution in [-0.4, -0.2) is 52.6 Å². The number of carbonyl (C=O) groups is 4. The summed E-state index contributed by atoms with van der Waals surface area (Å²) in [4.78, 5) is 51.7. The van der Waals surface area contributed by atoms with Crippen molar-refractivity contribution in [1.29, 1.82) is 0 Å². The molecule has 0 aliphatic carbocycles. The number of nitrogens with zero attached hydrogens (tertiary/aromatic N) is 3. The van der Waals surface area contributed by atoms with Crippen LogP contribution in [0.5, 0.6) is 0 Å². The molecule has 2 aromatic heterocycles. The number of thiophene rings is 1. The molecule has 11 heteroatoms. The van der Waals surface area contributed by atoms with Crippen LogP contribution in [0.4, 0.5) is 4.79 Å². The molecule has 1 saturated heterocycles. The van der Waals surface area contributed by atoms with Crippen molar-refractivity contribution >= 4 is 40.9 Å². The smallest absolute Gasteiger partial charge is 0.338 e. The van der Waals surface area contributed by atoms with E-state index < -0.39 is 30.6 Å². The molecule has 1 N–H and O–H groups in total. The van der Waals surface area contributed by atoms with Crippen LogP contribution in [0.25, 0.3) is 0 Å². The van der Waals surface area contributed by atoms with Gasteiger partial charge in [-0.1, -0.05) is 24.3 Å². The molecule has 4 amide bonds. The SMILES string of the molecule is O=C(OCC(=O)N1N=C(c2cccs2)C[C@@H]1c1ccco1)c1ccccc1CN1C(=O)CNC1=O. The molecule has 2 aliphatic rings. The first-order chi connectivity index (χ1) is 17.0. The number of amides is 4.